The van der Waals surface area contributed by atoms with Gasteiger partial charge in [-0.05, 0) is 43.9 Å². The minimum atomic E-state index is 1.10. The number of hydrogen-bond acceptors (Lipinski definition) is 6. The highest BCUT2D eigenvalue weighted by Gasteiger charge is 2.21. The molecule has 2 aliphatic heterocycles. The fourth-order valence-electron chi connectivity index (χ4n) is 3.22. The van der Waals surface area contributed by atoms with Gasteiger partial charge >= 0.3 is 0 Å². The molecule has 6 heteroatoms. The number of benzene rings is 1. The molecule has 0 unspecified atom stereocenters. The predicted molar refractivity (Wildman–Crippen MR) is 108 cm³/mol. The minimum absolute atomic E-state index is 1.10. The van der Waals surface area contributed by atoms with Gasteiger partial charge in [-0.1, -0.05) is 32.8 Å². The Morgan fingerprint density at radius 2 is 1.23 bits per heavy atom. The molecular weight excluding hydrogens is 324 g/mol. The number of hydrogen-bond donors (Lipinski definition) is 2. The van der Waals surface area contributed by atoms with Crippen molar-refractivity contribution in [3.8, 4) is 0 Å². The molecule has 142 valence electrons. The van der Waals surface area contributed by atoms with E-state index in [9.17, 15) is 0 Å². The Hall–Kier alpha value is -2.18. The second-order valence-corrected chi connectivity index (χ2v) is 7.03. The Labute approximate surface area is 157 Å². The van der Waals surface area contributed by atoms with Crippen LogP contribution in [0, 0.1) is 0 Å². The second kappa shape index (κ2) is 8.47. The second-order valence-electron chi connectivity index (χ2n) is 7.03. The molecule has 0 radical (unpaired) electrons. The lowest BCUT2D eigenvalue weighted by molar-refractivity contribution is 0.319. The van der Waals surface area contributed by atoms with Gasteiger partial charge in [0.05, 0.1) is 11.4 Å². The molecule has 0 fully saturated rings. The zero-order chi connectivity index (χ0) is 18.5. The van der Waals surface area contributed by atoms with E-state index in [0.717, 1.165) is 24.2 Å². The monoisotopic (exact) mass is 356 g/mol. The van der Waals surface area contributed by atoms with Crippen molar-refractivity contribution in [3.63, 3.8) is 0 Å². The lowest BCUT2D eigenvalue weighted by Crippen LogP contribution is -2.39. The van der Waals surface area contributed by atoms with Crippen molar-refractivity contribution >= 4 is 11.4 Å². The fraction of sp³-hybridized carbons (Fsp3) is 0.500. The van der Waals surface area contributed by atoms with Crippen LogP contribution in [0.1, 0.15) is 52.4 Å². The summed E-state index contributed by atoms with van der Waals surface area (Å²) in [6.07, 6.45) is 11.4. The van der Waals surface area contributed by atoms with Crippen molar-refractivity contribution in [2.75, 3.05) is 24.1 Å². The number of nitrogens with zero attached hydrogens (tertiary/aromatic N) is 4. The number of unbranched alkanes of at least 4 members (excludes halogenated alkanes) is 2. The zero-order valence-corrected chi connectivity index (χ0v) is 16.5. The van der Waals surface area contributed by atoms with Crippen molar-refractivity contribution in [2.24, 2.45) is 0 Å². The highest BCUT2D eigenvalue weighted by atomic mass is 15.8. The molecular formula is C20H32N6. The number of nitrogens with one attached hydrogen (secondary N) is 2. The van der Waals surface area contributed by atoms with Gasteiger partial charge in [-0.3, -0.25) is 20.0 Å². The van der Waals surface area contributed by atoms with Crippen LogP contribution in [0.4, 0.5) is 11.4 Å². The molecule has 0 spiro atoms. The van der Waals surface area contributed by atoms with Crippen molar-refractivity contribution in [3.05, 3.63) is 48.1 Å². The van der Waals surface area contributed by atoms with E-state index in [4.69, 9.17) is 0 Å². The van der Waals surface area contributed by atoms with Gasteiger partial charge in [-0.25, -0.2) is 0 Å². The fourth-order valence-corrected chi connectivity index (χ4v) is 3.22. The van der Waals surface area contributed by atoms with E-state index in [-0.39, 0.29) is 0 Å². The summed E-state index contributed by atoms with van der Waals surface area (Å²) in [5.74, 6) is 0. The van der Waals surface area contributed by atoms with Gasteiger partial charge in [0.25, 0.3) is 0 Å². The summed E-state index contributed by atoms with van der Waals surface area (Å²) in [7, 11) is 4.15. The van der Waals surface area contributed by atoms with Gasteiger partial charge in [-0.15, -0.1) is 11.1 Å². The van der Waals surface area contributed by atoms with Gasteiger partial charge in [0.2, 0.25) is 0 Å². The van der Waals surface area contributed by atoms with Crippen molar-refractivity contribution in [1.29, 1.82) is 0 Å². The third kappa shape index (κ3) is 4.14. The van der Waals surface area contributed by atoms with E-state index >= 15 is 0 Å². The highest BCUT2D eigenvalue weighted by molar-refractivity contribution is 5.61. The van der Waals surface area contributed by atoms with Crippen molar-refractivity contribution in [2.45, 2.75) is 52.4 Å². The van der Waals surface area contributed by atoms with E-state index in [0.29, 0.717) is 0 Å². The Morgan fingerprint density at radius 1 is 0.769 bits per heavy atom. The maximum Gasteiger partial charge on any atom is 0.0610 e. The standard InChI is InChI=1S/C20H32N6/c1-5-7-10-19-15-25(21-23(19)3)17-12-9-13-18(14-17)26-16-20(11-8-6-2)24(4)22-26/h9,12-16,21-22H,5-8,10-11H2,1-4H3. The lowest BCUT2D eigenvalue weighted by atomic mass is 10.2. The summed E-state index contributed by atoms with van der Waals surface area (Å²) >= 11 is 0. The predicted octanol–water partition coefficient (Wildman–Crippen LogP) is 4.09. The SMILES string of the molecule is CCCCC1=CN(c2cccc(N3C=C(CCCC)N(C)N3)c2)NN1C. The average Bonchev–Trinajstić information content (AvgIpc) is 3.21. The van der Waals surface area contributed by atoms with Gasteiger partial charge in [0.15, 0.2) is 0 Å². The van der Waals surface area contributed by atoms with Gasteiger partial charge in [0.1, 0.15) is 0 Å². The first-order valence-electron chi connectivity index (χ1n) is 9.72. The van der Waals surface area contributed by atoms with Crippen molar-refractivity contribution < 1.29 is 0 Å². The lowest BCUT2D eigenvalue weighted by Gasteiger charge is -2.24. The largest absolute Gasteiger partial charge is 0.296 e. The molecule has 2 heterocycles. The van der Waals surface area contributed by atoms with E-state index in [1.807, 2.05) is 0 Å². The van der Waals surface area contributed by atoms with Gasteiger partial charge < -0.3 is 0 Å². The Kier molecular flexibility index (Phi) is 6.06. The van der Waals surface area contributed by atoms with Gasteiger partial charge in [0, 0.05) is 37.9 Å². The topological polar surface area (TPSA) is 37.0 Å². The highest BCUT2D eigenvalue weighted by Crippen LogP contribution is 2.28. The molecule has 0 saturated heterocycles. The maximum atomic E-state index is 3.40. The number of rotatable bonds is 8. The van der Waals surface area contributed by atoms with Crippen LogP contribution in [0.25, 0.3) is 0 Å². The molecule has 0 bridgehead atoms. The molecule has 1 aromatic rings. The quantitative estimate of drug-likeness (QED) is 0.731. The first-order chi connectivity index (χ1) is 12.6. The molecule has 3 rings (SSSR count). The Balaban J connectivity index is 1.73. The van der Waals surface area contributed by atoms with Crippen LogP contribution in [-0.2, 0) is 0 Å². The van der Waals surface area contributed by atoms with Crippen LogP contribution < -0.4 is 21.1 Å². The van der Waals surface area contributed by atoms with Crippen LogP contribution in [0.15, 0.2) is 48.1 Å². The first-order valence-corrected chi connectivity index (χ1v) is 9.72. The summed E-state index contributed by atoms with van der Waals surface area (Å²) in [4.78, 5) is 0. The average molecular weight is 357 g/mol. The summed E-state index contributed by atoms with van der Waals surface area (Å²) in [5, 5.41) is 8.39. The van der Waals surface area contributed by atoms with E-state index < -0.39 is 0 Å². The molecule has 2 aliphatic rings. The molecule has 6 nitrogen and oxygen atoms in total. The maximum absolute atomic E-state index is 3.40. The summed E-state index contributed by atoms with van der Waals surface area (Å²) in [6, 6.07) is 8.56. The van der Waals surface area contributed by atoms with Crippen LogP contribution in [0.2, 0.25) is 0 Å². The molecule has 0 saturated carbocycles. The third-order valence-electron chi connectivity index (χ3n) is 4.89. The first kappa shape index (κ1) is 18.6. The van der Waals surface area contributed by atoms with Crippen LogP contribution >= 0.6 is 0 Å². The molecule has 0 atom stereocenters. The Morgan fingerprint density at radius 3 is 1.65 bits per heavy atom. The number of hydrazine groups is 4. The van der Waals surface area contributed by atoms with Crippen LogP contribution in [0.3, 0.4) is 0 Å². The Bertz CT molecular complexity index is 615. The number of allylic oxidation sites excluding steroid dienone is 2. The summed E-state index contributed by atoms with van der Waals surface area (Å²) in [5.41, 5.74) is 11.7. The third-order valence-corrected chi connectivity index (χ3v) is 4.89. The molecule has 1 aromatic carbocycles. The smallest absolute Gasteiger partial charge is 0.0610 e. The van der Waals surface area contributed by atoms with Gasteiger partial charge in [-0.2, -0.15) is 0 Å². The molecule has 2 N–H and O–H groups in total. The van der Waals surface area contributed by atoms with Crippen LogP contribution in [-0.4, -0.2) is 24.1 Å². The van der Waals surface area contributed by atoms with Crippen LogP contribution in [0.5, 0.6) is 0 Å². The molecule has 0 aromatic heterocycles. The van der Waals surface area contributed by atoms with E-state index in [1.165, 1.54) is 37.1 Å². The van der Waals surface area contributed by atoms with Crippen molar-refractivity contribution in [1.82, 2.24) is 21.1 Å². The van der Waals surface area contributed by atoms with E-state index in [1.54, 1.807) is 0 Å². The molecule has 0 aliphatic carbocycles. The zero-order valence-electron chi connectivity index (χ0n) is 16.5. The normalized spacial score (nSPS) is 17.2. The number of anilines is 2. The molecule has 0 amide bonds. The minimum Gasteiger partial charge on any atom is -0.296 e. The molecule has 26 heavy (non-hydrogen) atoms. The van der Waals surface area contributed by atoms with E-state index in [2.05, 4.69) is 95.7 Å². The summed E-state index contributed by atoms with van der Waals surface area (Å²) < 4.78 is 0. The summed E-state index contributed by atoms with van der Waals surface area (Å²) in [6.45, 7) is 4.46.